The van der Waals surface area contributed by atoms with Crippen LogP contribution in [0.15, 0.2) is 22.3 Å². The highest BCUT2D eigenvalue weighted by molar-refractivity contribution is 7.16. The van der Waals surface area contributed by atoms with E-state index in [1.54, 1.807) is 23.5 Å². The molecule has 4 heterocycles. The lowest BCUT2D eigenvalue weighted by Gasteiger charge is -2.47. The molecule has 1 aromatic carbocycles. The monoisotopic (exact) mass is 687 g/mol. The number of aromatic nitrogens is 2. The lowest BCUT2D eigenvalue weighted by atomic mass is 9.89. The van der Waals surface area contributed by atoms with Crippen molar-refractivity contribution < 1.29 is 24.2 Å². The Morgan fingerprint density at radius 2 is 1.89 bits per heavy atom. The molecule has 0 aliphatic carbocycles. The zero-order valence-electron chi connectivity index (χ0n) is 27.6. The number of unbranched alkanes of at least 4 members (excludes halogenated alkanes) is 6. The van der Waals surface area contributed by atoms with Crippen LogP contribution in [-0.2, 0) is 9.53 Å². The smallest absolute Gasteiger partial charge is 0.305 e. The summed E-state index contributed by atoms with van der Waals surface area (Å²) in [6, 6.07) is 3.30. The fraction of sp³-hybridized carbons (Fsp3) is 0.647. The number of carbonyl (C=O) groups excluding carboxylic acids is 2. The summed E-state index contributed by atoms with van der Waals surface area (Å²) in [5.74, 6) is 0.655. The highest BCUT2D eigenvalue weighted by Crippen LogP contribution is 2.33. The van der Waals surface area contributed by atoms with Crippen molar-refractivity contribution >= 4 is 45.3 Å². The van der Waals surface area contributed by atoms with Gasteiger partial charge in [-0.15, -0.1) is 11.3 Å². The van der Waals surface area contributed by atoms with Crippen LogP contribution in [0.4, 0.5) is 0 Å². The Hall–Kier alpha value is -2.68. The van der Waals surface area contributed by atoms with Crippen LogP contribution < -0.4 is 14.9 Å². The van der Waals surface area contributed by atoms with Gasteiger partial charge >= 0.3 is 4.87 Å². The van der Waals surface area contributed by atoms with E-state index in [1.165, 1.54) is 32.1 Å². The number of nitrogens with one attached hydrogen (secondary N) is 2. The van der Waals surface area contributed by atoms with Gasteiger partial charge in [0.25, 0.3) is 12.4 Å². The fourth-order valence-corrected chi connectivity index (χ4v) is 8.30. The first-order valence-electron chi connectivity index (χ1n) is 17.0. The van der Waals surface area contributed by atoms with Gasteiger partial charge in [0.2, 0.25) is 0 Å². The van der Waals surface area contributed by atoms with Gasteiger partial charge in [-0.25, -0.2) is 4.98 Å². The molecule has 1 spiro atoms. The number of fused-ring (bicyclic) bond motifs is 1. The van der Waals surface area contributed by atoms with Gasteiger partial charge in [-0.05, 0) is 44.8 Å². The number of rotatable bonds is 17. The van der Waals surface area contributed by atoms with E-state index in [0.29, 0.717) is 60.1 Å². The number of likely N-dealkylation sites (tertiary alicyclic amines) is 1. The van der Waals surface area contributed by atoms with Gasteiger partial charge < -0.3 is 34.7 Å². The summed E-state index contributed by atoms with van der Waals surface area (Å²) in [5.41, 5.74) is 1.44. The van der Waals surface area contributed by atoms with Crippen LogP contribution in [0.5, 0.6) is 5.75 Å². The second kappa shape index (κ2) is 17.1. The summed E-state index contributed by atoms with van der Waals surface area (Å²) in [6.07, 6.45) is 9.53. The molecule has 2 aromatic heterocycles. The van der Waals surface area contributed by atoms with Crippen LogP contribution in [-0.4, -0.2) is 95.3 Å². The maximum Gasteiger partial charge on any atom is 0.305 e. The molecule has 0 radical (unpaired) electrons. The second-order valence-corrected chi connectivity index (χ2v) is 15.0. The molecule has 2 aliphatic rings. The maximum atomic E-state index is 13.1. The number of hydrogen-bond acceptors (Lipinski definition) is 11. The fourth-order valence-electron chi connectivity index (χ4n) is 6.58. The van der Waals surface area contributed by atoms with Crippen LogP contribution in [0.25, 0.3) is 10.2 Å². The number of thiazole rings is 2. The predicted octanol–water partition coefficient (Wildman–Crippen LogP) is 5.07. The molecule has 11 nitrogen and oxygen atoms in total. The molecule has 258 valence electrons. The third-order valence-electron chi connectivity index (χ3n) is 9.31. The molecule has 1 atom stereocenters. The topological polar surface area (TPSA) is 137 Å². The number of morpholine rings is 1. The first-order valence-corrected chi connectivity index (χ1v) is 18.7. The number of carbonyl (C=O) groups is 2. The number of aliphatic hydroxyl groups excluding tert-OH is 1. The van der Waals surface area contributed by atoms with E-state index in [1.807, 2.05) is 10.3 Å². The number of aromatic amines is 1. The third-order valence-corrected chi connectivity index (χ3v) is 11.4. The van der Waals surface area contributed by atoms with Crippen molar-refractivity contribution in [1.82, 2.24) is 25.1 Å². The highest BCUT2D eigenvalue weighted by Gasteiger charge is 2.41. The Morgan fingerprint density at radius 1 is 1.15 bits per heavy atom. The number of amides is 1. The zero-order valence-corrected chi connectivity index (χ0v) is 29.3. The van der Waals surface area contributed by atoms with E-state index in [2.05, 4.69) is 34.0 Å². The summed E-state index contributed by atoms with van der Waals surface area (Å²) in [4.78, 5) is 47.3. The molecular formula is C34H49N5O6S2. The number of benzene rings is 1. The number of ether oxygens (including phenoxy) is 2. The van der Waals surface area contributed by atoms with Crippen LogP contribution >= 0.6 is 22.7 Å². The van der Waals surface area contributed by atoms with Crippen LogP contribution in [0, 0.1) is 0 Å². The number of H-pyrrole nitrogens is 1. The normalized spacial score (nSPS) is 17.5. The molecule has 3 aromatic rings. The summed E-state index contributed by atoms with van der Waals surface area (Å²) < 4.78 is 11.9. The van der Waals surface area contributed by atoms with E-state index < -0.39 is 6.10 Å². The van der Waals surface area contributed by atoms with Crippen molar-refractivity contribution in [3.63, 3.8) is 0 Å². The van der Waals surface area contributed by atoms with Gasteiger partial charge in [0.15, 0.2) is 5.75 Å². The minimum absolute atomic E-state index is 0.0407. The van der Waals surface area contributed by atoms with Crippen LogP contribution in [0.3, 0.4) is 0 Å². The Balaban J connectivity index is 0.897. The quantitative estimate of drug-likeness (QED) is 0.131. The number of nitrogens with zero attached hydrogens (tertiary/aromatic N) is 3. The first-order chi connectivity index (χ1) is 22.8. The molecule has 0 saturated carbocycles. The minimum Gasteiger partial charge on any atom is -0.426 e. The average Bonchev–Trinajstić information content (AvgIpc) is 3.72. The molecule has 3 N–H and O–H groups in total. The van der Waals surface area contributed by atoms with Crippen molar-refractivity contribution in [2.24, 2.45) is 0 Å². The van der Waals surface area contributed by atoms with Crippen molar-refractivity contribution in [2.75, 3.05) is 52.4 Å². The summed E-state index contributed by atoms with van der Waals surface area (Å²) in [7, 11) is 0. The minimum atomic E-state index is -0.763. The highest BCUT2D eigenvalue weighted by atomic mass is 32.1. The van der Waals surface area contributed by atoms with E-state index >= 15 is 0 Å². The molecule has 2 aliphatic heterocycles. The Morgan fingerprint density at radius 3 is 2.62 bits per heavy atom. The van der Waals surface area contributed by atoms with Crippen LogP contribution in [0.1, 0.15) is 105 Å². The summed E-state index contributed by atoms with van der Waals surface area (Å²) in [6.45, 7) is 10.8. The molecule has 2 saturated heterocycles. The van der Waals surface area contributed by atoms with Gasteiger partial charge in [-0.3, -0.25) is 14.4 Å². The largest absolute Gasteiger partial charge is 0.426 e. The van der Waals surface area contributed by atoms with Crippen molar-refractivity contribution in [2.45, 2.75) is 89.3 Å². The number of hydrogen-bond donors (Lipinski definition) is 3. The van der Waals surface area contributed by atoms with Gasteiger partial charge in [0.05, 0.1) is 34.6 Å². The molecule has 1 unspecified atom stereocenters. The van der Waals surface area contributed by atoms with E-state index in [9.17, 15) is 19.5 Å². The van der Waals surface area contributed by atoms with Gasteiger partial charge in [-0.2, -0.15) is 0 Å². The molecule has 0 bridgehead atoms. The molecule has 2 fully saturated rings. The van der Waals surface area contributed by atoms with Gasteiger partial charge in [-0.1, -0.05) is 63.4 Å². The van der Waals surface area contributed by atoms with Crippen molar-refractivity contribution in [3.05, 3.63) is 43.4 Å². The maximum absolute atomic E-state index is 13.1. The molecule has 1 amide bonds. The van der Waals surface area contributed by atoms with E-state index in [0.717, 1.165) is 68.2 Å². The molecule has 47 heavy (non-hydrogen) atoms. The zero-order chi connectivity index (χ0) is 33.2. The Kier molecular flexibility index (Phi) is 13.0. The molecular weight excluding hydrogens is 639 g/mol. The standard InChI is InChI=1S/C34H49N5O6S2/c1-24(2)31-36-26(21-46-31)32(42)39-18-19-45-34(22-39)12-16-38(17-13-34)15-9-7-5-3-4-6-8-14-35-20-27(41)25-10-11-28(44-23-40)29-30(25)47-33(43)37-29/h10-11,21,23-24,27,35,41H,3-9,12-20,22H2,1-2H3,(H,37,43). The lowest BCUT2D eigenvalue weighted by Crippen LogP contribution is -2.58. The molecule has 13 heteroatoms. The third kappa shape index (κ3) is 9.48. The van der Waals surface area contributed by atoms with Crippen molar-refractivity contribution in [3.8, 4) is 5.75 Å². The number of piperidine rings is 1. The van der Waals surface area contributed by atoms with E-state index in [4.69, 9.17) is 9.47 Å². The Labute approximate surface area is 284 Å². The van der Waals surface area contributed by atoms with Gasteiger partial charge in [0, 0.05) is 43.0 Å². The summed E-state index contributed by atoms with van der Waals surface area (Å²) in [5, 5.41) is 17.0. The van der Waals surface area contributed by atoms with Crippen LogP contribution in [0.2, 0.25) is 0 Å². The molecule has 5 rings (SSSR count). The SMILES string of the molecule is CC(C)c1nc(C(=O)N2CCOC3(CCN(CCCCCCCCCNCC(O)c4ccc(OC=O)c5[nH]c(=O)sc45)CC3)C2)cs1. The Bertz CT molecular complexity index is 1510. The summed E-state index contributed by atoms with van der Waals surface area (Å²) >= 11 is 2.58. The predicted molar refractivity (Wildman–Crippen MR) is 186 cm³/mol. The first kappa shape index (κ1) is 35.6. The van der Waals surface area contributed by atoms with Gasteiger partial charge in [0.1, 0.15) is 11.2 Å². The number of aliphatic hydroxyl groups is 1. The van der Waals surface area contributed by atoms with Crippen molar-refractivity contribution in [1.29, 1.82) is 0 Å². The second-order valence-electron chi connectivity index (χ2n) is 13.1. The lowest BCUT2D eigenvalue weighted by molar-refractivity contribution is -0.127. The average molecular weight is 688 g/mol. The van der Waals surface area contributed by atoms with E-state index in [-0.39, 0.29) is 22.1 Å².